The molecule has 0 radical (unpaired) electrons. The number of nitrogens with zero attached hydrogens (tertiary/aromatic N) is 2. The quantitative estimate of drug-likeness (QED) is 0.652. The van der Waals surface area contributed by atoms with Crippen LogP contribution in [0.4, 0.5) is 11.4 Å². The Morgan fingerprint density at radius 1 is 0.967 bits per heavy atom. The number of anilines is 2. The minimum absolute atomic E-state index is 0.0904. The van der Waals surface area contributed by atoms with E-state index in [1.165, 1.54) is 17.7 Å². The van der Waals surface area contributed by atoms with Crippen LogP contribution < -0.4 is 10.2 Å². The molecular formula is C26H29N3O. The molecule has 1 heterocycles. The number of amides is 1. The summed E-state index contributed by atoms with van der Waals surface area (Å²) in [5.41, 5.74) is 6.18. The van der Waals surface area contributed by atoms with Crippen molar-refractivity contribution >= 4 is 17.3 Å². The zero-order valence-corrected chi connectivity index (χ0v) is 17.9. The molecule has 1 atom stereocenters. The van der Waals surface area contributed by atoms with Gasteiger partial charge in [0.05, 0.1) is 0 Å². The summed E-state index contributed by atoms with van der Waals surface area (Å²) in [4.78, 5) is 17.3. The second-order valence-electron chi connectivity index (χ2n) is 8.30. The third kappa shape index (κ3) is 4.55. The van der Waals surface area contributed by atoms with E-state index >= 15 is 0 Å². The van der Waals surface area contributed by atoms with Gasteiger partial charge in [0.25, 0.3) is 5.91 Å². The van der Waals surface area contributed by atoms with Crippen LogP contribution in [0.1, 0.15) is 22.3 Å². The standard InChI is InChI=1S/C26H29N3O/c1-19-5-4-6-22(17-19)20-7-9-21(10-8-20)26(30)27-23-11-13-24(14-12-23)29-16-15-25(18-29)28(2)3/h4-14,17,25H,15-16,18H2,1-3H3,(H,27,30). The Kier molecular flexibility index (Phi) is 5.86. The Balaban J connectivity index is 1.39. The topological polar surface area (TPSA) is 35.6 Å². The zero-order valence-electron chi connectivity index (χ0n) is 17.9. The molecule has 154 valence electrons. The Morgan fingerprint density at radius 3 is 2.33 bits per heavy atom. The number of hydrogen-bond acceptors (Lipinski definition) is 3. The number of carbonyl (C=O) groups is 1. The molecule has 1 aliphatic heterocycles. The third-order valence-corrected chi connectivity index (χ3v) is 5.88. The van der Waals surface area contributed by atoms with Crippen LogP contribution in [0.5, 0.6) is 0 Å². The number of aryl methyl sites for hydroxylation is 1. The highest BCUT2D eigenvalue weighted by atomic mass is 16.1. The van der Waals surface area contributed by atoms with Gasteiger partial charge in [0.2, 0.25) is 0 Å². The summed E-state index contributed by atoms with van der Waals surface area (Å²) < 4.78 is 0. The van der Waals surface area contributed by atoms with E-state index in [9.17, 15) is 4.79 Å². The fraction of sp³-hybridized carbons (Fsp3) is 0.269. The van der Waals surface area contributed by atoms with Gasteiger partial charge in [0, 0.05) is 36.1 Å². The van der Waals surface area contributed by atoms with E-state index in [-0.39, 0.29) is 5.91 Å². The fourth-order valence-electron chi connectivity index (χ4n) is 4.00. The van der Waals surface area contributed by atoms with Crippen LogP contribution >= 0.6 is 0 Å². The van der Waals surface area contributed by atoms with Crippen molar-refractivity contribution in [3.63, 3.8) is 0 Å². The lowest BCUT2D eigenvalue weighted by molar-refractivity contribution is 0.102. The van der Waals surface area contributed by atoms with Gasteiger partial charge in [-0.3, -0.25) is 4.79 Å². The first-order chi connectivity index (χ1) is 14.5. The lowest BCUT2D eigenvalue weighted by Gasteiger charge is -2.22. The fourth-order valence-corrected chi connectivity index (χ4v) is 4.00. The number of nitrogens with one attached hydrogen (secondary N) is 1. The van der Waals surface area contributed by atoms with E-state index in [4.69, 9.17) is 0 Å². The van der Waals surface area contributed by atoms with Gasteiger partial charge in [-0.1, -0.05) is 42.0 Å². The van der Waals surface area contributed by atoms with Crippen LogP contribution in [0.3, 0.4) is 0 Å². The lowest BCUT2D eigenvalue weighted by Crippen LogP contribution is -2.31. The molecule has 3 aromatic rings. The maximum Gasteiger partial charge on any atom is 0.255 e. The molecule has 1 unspecified atom stereocenters. The molecule has 1 aliphatic rings. The van der Waals surface area contributed by atoms with Crippen LogP contribution in [0.25, 0.3) is 11.1 Å². The molecule has 4 nitrogen and oxygen atoms in total. The highest BCUT2D eigenvalue weighted by molar-refractivity contribution is 6.04. The lowest BCUT2D eigenvalue weighted by atomic mass is 10.0. The molecule has 0 aliphatic carbocycles. The summed E-state index contributed by atoms with van der Waals surface area (Å²) >= 11 is 0. The van der Waals surface area contributed by atoms with Gasteiger partial charge in [0.1, 0.15) is 0 Å². The van der Waals surface area contributed by atoms with E-state index in [2.05, 4.69) is 72.5 Å². The zero-order chi connectivity index (χ0) is 21.1. The first-order valence-electron chi connectivity index (χ1n) is 10.5. The van der Waals surface area contributed by atoms with Crippen LogP contribution in [0, 0.1) is 6.92 Å². The SMILES string of the molecule is Cc1cccc(-c2ccc(C(=O)Nc3ccc(N4CCC(N(C)C)C4)cc3)cc2)c1. The number of hydrogen-bond donors (Lipinski definition) is 1. The van der Waals surface area contributed by atoms with Gasteiger partial charge in [-0.05, 0) is 75.0 Å². The van der Waals surface area contributed by atoms with Crippen molar-refractivity contribution in [3.8, 4) is 11.1 Å². The molecule has 0 spiro atoms. The maximum absolute atomic E-state index is 12.6. The molecule has 1 saturated heterocycles. The molecule has 1 N–H and O–H groups in total. The first kappa shape index (κ1) is 20.2. The second kappa shape index (κ2) is 8.72. The molecule has 4 heteroatoms. The molecule has 30 heavy (non-hydrogen) atoms. The number of rotatable bonds is 5. The van der Waals surface area contributed by atoms with Gasteiger partial charge < -0.3 is 15.1 Å². The van der Waals surface area contributed by atoms with Gasteiger partial charge in [-0.2, -0.15) is 0 Å². The highest BCUT2D eigenvalue weighted by Crippen LogP contribution is 2.25. The van der Waals surface area contributed by atoms with E-state index in [1.807, 2.05) is 36.4 Å². The number of likely N-dealkylation sites (N-methyl/N-ethyl adjacent to an activating group) is 1. The van der Waals surface area contributed by atoms with E-state index in [1.54, 1.807) is 0 Å². The summed E-state index contributed by atoms with van der Waals surface area (Å²) in [5.74, 6) is -0.0904. The summed E-state index contributed by atoms with van der Waals surface area (Å²) in [6.07, 6.45) is 1.18. The monoisotopic (exact) mass is 399 g/mol. The highest BCUT2D eigenvalue weighted by Gasteiger charge is 2.23. The largest absolute Gasteiger partial charge is 0.370 e. The van der Waals surface area contributed by atoms with Crippen molar-refractivity contribution in [2.24, 2.45) is 0 Å². The molecule has 3 aromatic carbocycles. The average Bonchev–Trinajstić information content (AvgIpc) is 3.25. The Hall–Kier alpha value is -3.11. The predicted molar refractivity (Wildman–Crippen MR) is 125 cm³/mol. The normalized spacial score (nSPS) is 16.1. The summed E-state index contributed by atoms with van der Waals surface area (Å²) in [5, 5.41) is 3.01. The number of carbonyl (C=O) groups excluding carboxylic acids is 1. The summed E-state index contributed by atoms with van der Waals surface area (Å²) in [6, 6.07) is 24.9. The van der Waals surface area contributed by atoms with Crippen molar-refractivity contribution in [1.82, 2.24) is 4.90 Å². The summed E-state index contributed by atoms with van der Waals surface area (Å²) in [6.45, 7) is 4.20. The third-order valence-electron chi connectivity index (χ3n) is 5.88. The maximum atomic E-state index is 12.6. The van der Waals surface area contributed by atoms with Crippen molar-refractivity contribution in [2.45, 2.75) is 19.4 Å². The molecule has 1 fully saturated rings. The van der Waals surface area contributed by atoms with E-state index in [0.717, 1.165) is 29.9 Å². The predicted octanol–water partition coefficient (Wildman–Crippen LogP) is 5.05. The van der Waals surface area contributed by atoms with Crippen LogP contribution in [0.15, 0.2) is 72.8 Å². The second-order valence-corrected chi connectivity index (χ2v) is 8.30. The minimum atomic E-state index is -0.0904. The number of benzene rings is 3. The molecule has 1 amide bonds. The first-order valence-corrected chi connectivity index (χ1v) is 10.5. The van der Waals surface area contributed by atoms with Gasteiger partial charge in [0.15, 0.2) is 0 Å². The molecule has 0 bridgehead atoms. The Bertz CT molecular complexity index is 1010. The Labute approximate surface area is 179 Å². The van der Waals surface area contributed by atoms with E-state index < -0.39 is 0 Å². The minimum Gasteiger partial charge on any atom is -0.370 e. The van der Waals surface area contributed by atoms with Crippen molar-refractivity contribution in [2.75, 3.05) is 37.4 Å². The van der Waals surface area contributed by atoms with Crippen molar-refractivity contribution in [3.05, 3.63) is 83.9 Å². The molecular weight excluding hydrogens is 370 g/mol. The van der Waals surface area contributed by atoms with Crippen LogP contribution in [-0.4, -0.2) is 44.0 Å². The average molecular weight is 400 g/mol. The van der Waals surface area contributed by atoms with Gasteiger partial charge in [-0.25, -0.2) is 0 Å². The van der Waals surface area contributed by atoms with E-state index in [0.29, 0.717) is 11.6 Å². The van der Waals surface area contributed by atoms with Crippen LogP contribution in [-0.2, 0) is 0 Å². The van der Waals surface area contributed by atoms with Gasteiger partial charge in [-0.15, -0.1) is 0 Å². The summed E-state index contributed by atoms with van der Waals surface area (Å²) in [7, 11) is 4.28. The van der Waals surface area contributed by atoms with Gasteiger partial charge >= 0.3 is 0 Å². The molecule has 0 aromatic heterocycles. The Morgan fingerprint density at radius 2 is 1.70 bits per heavy atom. The molecule has 0 saturated carbocycles. The smallest absolute Gasteiger partial charge is 0.255 e. The molecule has 4 rings (SSSR count). The van der Waals surface area contributed by atoms with Crippen molar-refractivity contribution in [1.29, 1.82) is 0 Å². The van der Waals surface area contributed by atoms with Crippen LogP contribution in [0.2, 0.25) is 0 Å². The van der Waals surface area contributed by atoms with Crippen molar-refractivity contribution < 1.29 is 4.79 Å².